The van der Waals surface area contributed by atoms with Gasteiger partial charge in [-0.15, -0.1) is 6.58 Å². The van der Waals surface area contributed by atoms with Crippen LogP contribution in [0.5, 0.6) is 0 Å². The predicted molar refractivity (Wildman–Crippen MR) is 41.8 cm³/mol. The first-order valence-corrected chi connectivity index (χ1v) is 4.37. The van der Waals surface area contributed by atoms with E-state index in [1.165, 1.54) is 0 Å². The Morgan fingerprint density at radius 1 is 1.67 bits per heavy atom. The summed E-state index contributed by atoms with van der Waals surface area (Å²) in [5.74, 6) is 0. The summed E-state index contributed by atoms with van der Waals surface area (Å²) in [7, 11) is 2.27. The molecule has 6 heavy (non-hydrogen) atoms. The minimum absolute atomic E-state index is 0.278. The average molecular weight is 134 g/mol. The van der Waals surface area contributed by atoms with E-state index in [0.717, 1.165) is 20.5 Å². The van der Waals surface area contributed by atoms with Crippen LogP contribution >= 0.6 is 12.6 Å². The van der Waals surface area contributed by atoms with Crippen molar-refractivity contribution in [2.24, 2.45) is 0 Å². The van der Waals surface area contributed by atoms with Crippen molar-refractivity contribution in [1.82, 2.24) is 0 Å². The van der Waals surface area contributed by atoms with Crippen LogP contribution in [0.15, 0.2) is 12.7 Å². The third-order valence-electron chi connectivity index (χ3n) is 0.500. The van der Waals surface area contributed by atoms with Gasteiger partial charge in [0.2, 0.25) is 0 Å². The Balaban J connectivity index is 3.45. The zero-order valence-electron chi connectivity index (χ0n) is 4.23. The van der Waals surface area contributed by atoms with Crippen LogP contribution in [0, 0.1) is 0 Å². The van der Waals surface area contributed by atoms with Gasteiger partial charge in [-0.05, 0) is 3.99 Å². The Labute approximate surface area is 50.3 Å². The molecule has 0 atom stereocenters. The Morgan fingerprint density at radius 2 is 1.83 bits per heavy atom. The molecule has 0 bridgehead atoms. The first-order chi connectivity index (χ1) is 2.56. The van der Waals surface area contributed by atoms with Crippen LogP contribution in [0.4, 0.5) is 0 Å². The highest BCUT2D eigenvalue weighted by Gasteiger charge is 2.01. The monoisotopic (exact) mass is 134 g/mol. The summed E-state index contributed by atoms with van der Waals surface area (Å²) < 4.78 is 0.278. The summed E-state index contributed by atoms with van der Waals surface area (Å²) in [5.41, 5.74) is 0. The van der Waals surface area contributed by atoms with Crippen LogP contribution in [0.2, 0.25) is 0 Å². The molecule has 0 aromatic carbocycles. The van der Waals surface area contributed by atoms with Crippen molar-refractivity contribution in [2.45, 2.75) is 3.99 Å². The fourth-order valence-electron chi connectivity index (χ4n) is 0. The summed E-state index contributed by atoms with van der Waals surface area (Å²) in [6, 6.07) is 0. The van der Waals surface area contributed by atoms with E-state index in [1.807, 2.05) is 6.08 Å². The molecule has 0 rings (SSSR count). The van der Waals surface area contributed by atoms with Crippen molar-refractivity contribution >= 4 is 33.1 Å². The number of hydrogen-bond acceptors (Lipinski definition) is 1. The third-order valence-corrected chi connectivity index (χ3v) is 1.50. The normalized spacial score (nSPS) is 20.2. The lowest BCUT2D eigenvalue weighted by atomic mass is 10.7. The van der Waals surface area contributed by atoms with E-state index < -0.39 is 0 Å². The van der Waals surface area contributed by atoms with Crippen molar-refractivity contribution in [3.63, 3.8) is 0 Å². The summed E-state index contributed by atoms with van der Waals surface area (Å²) in [6.45, 7) is 3.62. The lowest BCUT2D eigenvalue weighted by Gasteiger charge is -2.07. The largest absolute Gasteiger partial charge is 0.177 e. The predicted octanol–water partition coefficient (Wildman–Crippen LogP) is -1.51. The number of thiol groups is 1. The van der Waals surface area contributed by atoms with Crippen molar-refractivity contribution in [1.29, 1.82) is 0 Å². The van der Waals surface area contributed by atoms with Crippen LogP contribution in [0.25, 0.3) is 0 Å². The van der Waals surface area contributed by atoms with Gasteiger partial charge in [-0.1, -0.05) is 6.08 Å². The van der Waals surface area contributed by atoms with Gasteiger partial charge in [0.15, 0.2) is 0 Å². The summed E-state index contributed by atoms with van der Waals surface area (Å²) >= 11 is 4.26. The smallest absolute Gasteiger partial charge is 0.0227 e. The number of hydrogen-bond donors (Lipinski definition) is 1. The second-order valence-electron chi connectivity index (χ2n) is 1.86. The molecule has 0 aliphatic carbocycles. The van der Waals surface area contributed by atoms with E-state index >= 15 is 0 Å². The summed E-state index contributed by atoms with van der Waals surface area (Å²) in [5, 5.41) is 0. The zero-order chi connectivity index (χ0) is 5.21. The first kappa shape index (κ1) is 6.52. The highest BCUT2D eigenvalue weighted by atomic mass is 32.1. The molecule has 0 aliphatic rings. The van der Waals surface area contributed by atoms with Gasteiger partial charge in [0.05, 0.1) is 0 Å². The molecule has 0 aromatic heterocycles. The van der Waals surface area contributed by atoms with E-state index in [-0.39, 0.29) is 3.99 Å². The highest BCUT2D eigenvalue weighted by Crippen LogP contribution is 2.01. The van der Waals surface area contributed by atoms with Gasteiger partial charge >= 0.3 is 0 Å². The second-order valence-corrected chi connectivity index (χ2v) is 10.8. The van der Waals surface area contributed by atoms with E-state index in [0.29, 0.717) is 0 Å². The molecule has 0 spiro atoms. The Bertz CT molecular complexity index is 54.3. The van der Waals surface area contributed by atoms with Gasteiger partial charge in [-0.2, -0.15) is 12.6 Å². The molecule has 0 N–H and O–H groups in total. The minimum atomic E-state index is 0.278. The van der Waals surface area contributed by atoms with Crippen LogP contribution in [0.3, 0.4) is 0 Å². The molecule has 0 radical (unpaired) electrons. The molecule has 36 valence electrons. The molecule has 0 aliphatic heterocycles. The molecule has 0 nitrogen and oxygen atoms in total. The Morgan fingerprint density at radius 3 is 1.83 bits per heavy atom. The SMILES string of the molecule is C=CC([SiH3])([SiH3])S. The van der Waals surface area contributed by atoms with Gasteiger partial charge in [0, 0.05) is 20.5 Å². The third kappa shape index (κ3) is 4.52. The van der Waals surface area contributed by atoms with Gasteiger partial charge in [-0.3, -0.25) is 0 Å². The molecule has 0 saturated heterocycles. The number of rotatable bonds is 1. The molecular weight excluding hydrogens is 124 g/mol. The van der Waals surface area contributed by atoms with E-state index in [1.54, 1.807) is 0 Å². The lowest BCUT2D eigenvalue weighted by Crippen LogP contribution is -2.16. The average Bonchev–Trinajstić information content (AvgIpc) is 1.35. The van der Waals surface area contributed by atoms with Gasteiger partial charge in [0.25, 0.3) is 0 Å². The quantitative estimate of drug-likeness (QED) is 0.252. The standard InChI is InChI=1S/C3H10SSi2/c1-2-3(4,5)6/h2,4H,1H2,5-6H3. The van der Waals surface area contributed by atoms with Crippen LogP contribution in [0.1, 0.15) is 0 Å². The Hall–Kier alpha value is 0.524. The first-order valence-electron chi connectivity index (χ1n) is 1.92. The zero-order valence-corrected chi connectivity index (χ0v) is 9.13. The maximum atomic E-state index is 4.26. The van der Waals surface area contributed by atoms with Gasteiger partial charge in [0.1, 0.15) is 0 Å². The fraction of sp³-hybridized carbons (Fsp3) is 0.333. The van der Waals surface area contributed by atoms with Crippen LogP contribution in [-0.4, -0.2) is 24.5 Å². The molecule has 0 saturated carbocycles. The molecule has 0 fully saturated rings. The van der Waals surface area contributed by atoms with Crippen LogP contribution < -0.4 is 0 Å². The molecular formula is C3H10SSi2. The van der Waals surface area contributed by atoms with Crippen molar-refractivity contribution in [3.8, 4) is 0 Å². The molecule has 0 amide bonds. The minimum Gasteiger partial charge on any atom is -0.177 e. The summed E-state index contributed by atoms with van der Waals surface area (Å²) in [6.07, 6.45) is 1.93. The maximum absolute atomic E-state index is 4.26. The summed E-state index contributed by atoms with van der Waals surface area (Å²) in [4.78, 5) is 0. The van der Waals surface area contributed by atoms with Crippen LogP contribution in [-0.2, 0) is 0 Å². The fourth-order valence-corrected chi connectivity index (χ4v) is 0. The van der Waals surface area contributed by atoms with Crippen molar-refractivity contribution in [3.05, 3.63) is 12.7 Å². The molecule has 3 heteroatoms. The van der Waals surface area contributed by atoms with Crippen molar-refractivity contribution < 1.29 is 0 Å². The topological polar surface area (TPSA) is 0 Å². The molecule has 0 aromatic rings. The van der Waals surface area contributed by atoms with Crippen molar-refractivity contribution in [2.75, 3.05) is 0 Å². The maximum Gasteiger partial charge on any atom is 0.0227 e. The Kier molecular flexibility index (Phi) is 2.17. The molecule has 0 heterocycles. The van der Waals surface area contributed by atoms with Gasteiger partial charge in [-0.25, -0.2) is 0 Å². The lowest BCUT2D eigenvalue weighted by molar-refractivity contribution is 1.52. The molecule has 0 unspecified atom stereocenters. The van der Waals surface area contributed by atoms with E-state index in [4.69, 9.17) is 0 Å². The van der Waals surface area contributed by atoms with E-state index in [2.05, 4.69) is 19.2 Å². The van der Waals surface area contributed by atoms with Gasteiger partial charge < -0.3 is 0 Å². The van der Waals surface area contributed by atoms with E-state index in [9.17, 15) is 0 Å². The highest BCUT2D eigenvalue weighted by molar-refractivity contribution is 7.85. The second kappa shape index (κ2) is 2.00.